The SMILES string of the molecule is O=C(O)CCCOc1ccc(C2SCC(=O)N2Cc2ccc3c(c2)OCO3)cc1. The third kappa shape index (κ3) is 4.59. The number of amides is 1. The molecule has 2 aromatic rings. The van der Waals surface area contributed by atoms with E-state index in [0.717, 1.165) is 16.9 Å². The topological polar surface area (TPSA) is 85.3 Å². The van der Waals surface area contributed by atoms with Gasteiger partial charge in [-0.3, -0.25) is 9.59 Å². The van der Waals surface area contributed by atoms with Crippen LogP contribution in [-0.2, 0) is 16.1 Å². The van der Waals surface area contributed by atoms with E-state index in [-0.39, 0.29) is 24.5 Å². The number of rotatable bonds is 8. The van der Waals surface area contributed by atoms with E-state index >= 15 is 0 Å². The largest absolute Gasteiger partial charge is 0.494 e. The lowest BCUT2D eigenvalue weighted by atomic mass is 10.1. The summed E-state index contributed by atoms with van der Waals surface area (Å²) < 4.78 is 16.4. The van der Waals surface area contributed by atoms with E-state index in [1.54, 1.807) is 11.8 Å². The number of aliphatic carboxylic acids is 1. The van der Waals surface area contributed by atoms with Crippen molar-refractivity contribution in [2.24, 2.45) is 0 Å². The first-order chi connectivity index (χ1) is 14.1. The summed E-state index contributed by atoms with van der Waals surface area (Å²) in [6.07, 6.45) is 0.557. The van der Waals surface area contributed by atoms with Crippen molar-refractivity contribution in [2.75, 3.05) is 19.2 Å². The van der Waals surface area contributed by atoms with Crippen LogP contribution in [0.15, 0.2) is 42.5 Å². The van der Waals surface area contributed by atoms with Crippen molar-refractivity contribution >= 4 is 23.6 Å². The smallest absolute Gasteiger partial charge is 0.303 e. The van der Waals surface area contributed by atoms with Crippen molar-refractivity contribution in [3.8, 4) is 17.2 Å². The van der Waals surface area contributed by atoms with E-state index in [2.05, 4.69) is 0 Å². The fourth-order valence-electron chi connectivity index (χ4n) is 3.28. The highest BCUT2D eigenvalue weighted by Gasteiger charge is 2.33. The number of hydrogen-bond donors (Lipinski definition) is 1. The predicted molar refractivity (Wildman–Crippen MR) is 107 cm³/mol. The first kappa shape index (κ1) is 19.4. The Balaban J connectivity index is 1.40. The number of carbonyl (C=O) groups excluding carboxylic acids is 1. The molecule has 1 N–H and O–H groups in total. The Kier molecular flexibility index (Phi) is 5.80. The van der Waals surface area contributed by atoms with E-state index in [1.165, 1.54) is 0 Å². The summed E-state index contributed by atoms with van der Waals surface area (Å²) in [5, 5.41) is 8.60. The molecule has 8 heteroatoms. The first-order valence-electron chi connectivity index (χ1n) is 9.34. The van der Waals surface area contributed by atoms with Gasteiger partial charge in [0.1, 0.15) is 11.1 Å². The summed E-state index contributed by atoms with van der Waals surface area (Å²) in [4.78, 5) is 24.9. The first-order valence-corrected chi connectivity index (χ1v) is 10.4. The molecule has 2 heterocycles. The Bertz CT molecular complexity index is 901. The van der Waals surface area contributed by atoms with Crippen LogP contribution in [0.3, 0.4) is 0 Å². The van der Waals surface area contributed by atoms with Crippen molar-refractivity contribution in [1.29, 1.82) is 0 Å². The van der Waals surface area contributed by atoms with Gasteiger partial charge >= 0.3 is 5.97 Å². The van der Waals surface area contributed by atoms with Gasteiger partial charge in [0.2, 0.25) is 12.7 Å². The fourth-order valence-corrected chi connectivity index (χ4v) is 4.47. The second-order valence-electron chi connectivity index (χ2n) is 6.79. The molecule has 1 atom stereocenters. The van der Waals surface area contributed by atoms with Crippen LogP contribution < -0.4 is 14.2 Å². The molecule has 1 amide bonds. The molecule has 0 saturated carbocycles. The molecule has 0 aromatic heterocycles. The number of nitrogens with zero attached hydrogens (tertiary/aromatic N) is 1. The molecule has 7 nitrogen and oxygen atoms in total. The van der Waals surface area contributed by atoms with Crippen LogP contribution >= 0.6 is 11.8 Å². The van der Waals surface area contributed by atoms with Gasteiger partial charge in [-0.05, 0) is 41.8 Å². The molecule has 1 fully saturated rings. The lowest BCUT2D eigenvalue weighted by Gasteiger charge is -2.24. The van der Waals surface area contributed by atoms with E-state index in [1.807, 2.05) is 47.4 Å². The molecule has 2 aliphatic heterocycles. The van der Waals surface area contributed by atoms with Gasteiger partial charge < -0.3 is 24.2 Å². The molecular formula is C21H21NO6S. The van der Waals surface area contributed by atoms with Gasteiger partial charge in [-0.1, -0.05) is 18.2 Å². The monoisotopic (exact) mass is 415 g/mol. The lowest BCUT2D eigenvalue weighted by Crippen LogP contribution is -2.27. The summed E-state index contributed by atoms with van der Waals surface area (Å²) in [6, 6.07) is 13.4. The van der Waals surface area contributed by atoms with Gasteiger partial charge in [0.15, 0.2) is 11.5 Å². The Hall–Kier alpha value is -2.87. The zero-order valence-corrected chi connectivity index (χ0v) is 16.5. The van der Waals surface area contributed by atoms with Crippen molar-refractivity contribution < 1.29 is 28.9 Å². The number of carboxylic acids is 1. The standard InChI is InChI=1S/C21H21NO6S/c23-19-12-29-21(15-4-6-16(7-5-15)26-9-1-2-20(24)25)22(19)11-14-3-8-17-18(10-14)28-13-27-17/h3-8,10,21H,1-2,9,11-13H2,(H,24,25). The van der Waals surface area contributed by atoms with Crippen LogP contribution in [0.1, 0.15) is 29.3 Å². The minimum absolute atomic E-state index is 0.0611. The minimum atomic E-state index is -0.825. The average molecular weight is 415 g/mol. The minimum Gasteiger partial charge on any atom is -0.494 e. The van der Waals surface area contributed by atoms with E-state index in [4.69, 9.17) is 19.3 Å². The molecule has 2 aromatic carbocycles. The molecule has 0 radical (unpaired) electrons. The zero-order chi connectivity index (χ0) is 20.2. The molecule has 1 saturated heterocycles. The van der Waals surface area contributed by atoms with Crippen LogP contribution in [0.25, 0.3) is 0 Å². The fraction of sp³-hybridized carbons (Fsp3) is 0.333. The summed E-state index contributed by atoms with van der Waals surface area (Å²) in [5.41, 5.74) is 2.02. The third-order valence-electron chi connectivity index (χ3n) is 4.73. The van der Waals surface area contributed by atoms with E-state index in [0.29, 0.717) is 36.8 Å². The van der Waals surface area contributed by atoms with E-state index in [9.17, 15) is 9.59 Å². The number of thioether (sulfide) groups is 1. The van der Waals surface area contributed by atoms with Crippen molar-refractivity contribution in [1.82, 2.24) is 4.90 Å². The van der Waals surface area contributed by atoms with Crippen molar-refractivity contribution in [3.63, 3.8) is 0 Å². The Labute approximate surface area is 172 Å². The van der Waals surface area contributed by atoms with Crippen LogP contribution in [0.5, 0.6) is 17.2 Å². The number of carboxylic acid groups (broad SMARTS) is 1. The number of ether oxygens (including phenoxy) is 3. The Morgan fingerprint density at radius 2 is 1.97 bits per heavy atom. The van der Waals surface area contributed by atoms with Gasteiger partial charge in [0.25, 0.3) is 0 Å². The van der Waals surface area contributed by atoms with Gasteiger partial charge in [0.05, 0.1) is 12.4 Å². The van der Waals surface area contributed by atoms with Gasteiger partial charge in [-0.15, -0.1) is 11.8 Å². The van der Waals surface area contributed by atoms with Gasteiger partial charge in [-0.2, -0.15) is 0 Å². The highest BCUT2D eigenvalue weighted by molar-refractivity contribution is 8.00. The highest BCUT2D eigenvalue weighted by Crippen LogP contribution is 2.41. The summed E-state index contributed by atoms with van der Waals surface area (Å²) in [6.45, 7) is 1.09. The summed E-state index contributed by atoms with van der Waals surface area (Å²) in [5.74, 6) is 1.86. The molecule has 1 unspecified atom stereocenters. The van der Waals surface area contributed by atoms with Crippen molar-refractivity contribution in [3.05, 3.63) is 53.6 Å². The number of hydrogen-bond acceptors (Lipinski definition) is 6. The van der Waals surface area contributed by atoms with Crippen LogP contribution in [0.2, 0.25) is 0 Å². The zero-order valence-electron chi connectivity index (χ0n) is 15.7. The molecular weight excluding hydrogens is 394 g/mol. The highest BCUT2D eigenvalue weighted by atomic mass is 32.2. The molecule has 29 heavy (non-hydrogen) atoms. The maximum Gasteiger partial charge on any atom is 0.303 e. The second kappa shape index (κ2) is 8.65. The maximum atomic E-state index is 12.5. The van der Waals surface area contributed by atoms with Crippen molar-refractivity contribution in [2.45, 2.75) is 24.8 Å². The summed E-state index contributed by atoms with van der Waals surface area (Å²) >= 11 is 1.60. The third-order valence-corrected chi connectivity index (χ3v) is 5.98. The molecule has 2 aliphatic rings. The number of carbonyl (C=O) groups is 2. The molecule has 4 rings (SSSR count). The van der Waals surface area contributed by atoms with Crippen LogP contribution in [-0.4, -0.2) is 41.0 Å². The average Bonchev–Trinajstić information content (AvgIpc) is 3.32. The lowest BCUT2D eigenvalue weighted by molar-refractivity contribution is -0.137. The Morgan fingerprint density at radius 3 is 2.76 bits per heavy atom. The predicted octanol–water partition coefficient (Wildman–Crippen LogP) is 3.43. The Morgan fingerprint density at radius 1 is 1.17 bits per heavy atom. The van der Waals surface area contributed by atoms with Gasteiger partial charge in [-0.25, -0.2) is 0 Å². The maximum absolute atomic E-state index is 12.5. The molecule has 0 bridgehead atoms. The molecule has 0 spiro atoms. The van der Waals surface area contributed by atoms with Crippen LogP contribution in [0.4, 0.5) is 0 Å². The van der Waals surface area contributed by atoms with E-state index < -0.39 is 5.97 Å². The molecule has 0 aliphatic carbocycles. The number of fused-ring (bicyclic) bond motifs is 1. The van der Waals surface area contributed by atoms with Gasteiger partial charge in [0, 0.05) is 13.0 Å². The van der Waals surface area contributed by atoms with Crippen LogP contribution in [0, 0.1) is 0 Å². The number of benzene rings is 2. The quantitative estimate of drug-likeness (QED) is 0.661. The summed E-state index contributed by atoms with van der Waals surface area (Å²) in [7, 11) is 0. The second-order valence-corrected chi connectivity index (χ2v) is 7.86. The molecule has 152 valence electrons. The normalized spacial score (nSPS) is 17.6.